The number of hydrogen-bond donors (Lipinski definition) is 2. The molecule has 0 aliphatic carbocycles. The van der Waals surface area contributed by atoms with E-state index >= 15 is 0 Å². The van der Waals surface area contributed by atoms with E-state index in [0.717, 1.165) is 22.0 Å². The van der Waals surface area contributed by atoms with Crippen LogP contribution in [0.1, 0.15) is 34.5 Å². The minimum atomic E-state index is -0.158. The first-order chi connectivity index (χ1) is 15.0. The molecule has 4 aromatic rings. The van der Waals surface area contributed by atoms with Crippen molar-refractivity contribution in [3.05, 3.63) is 102 Å². The number of rotatable bonds is 6. The van der Waals surface area contributed by atoms with Gasteiger partial charge in [0.1, 0.15) is 0 Å². The highest BCUT2D eigenvalue weighted by Gasteiger charge is 2.19. The van der Waals surface area contributed by atoms with Crippen LogP contribution in [-0.2, 0) is 11.2 Å². The van der Waals surface area contributed by atoms with Gasteiger partial charge in [0.05, 0.1) is 12.5 Å². The Morgan fingerprint density at radius 2 is 1.71 bits per heavy atom. The van der Waals surface area contributed by atoms with Gasteiger partial charge >= 0.3 is 0 Å². The summed E-state index contributed by atoms with van der Waals surface area (Å²) in [4.78, 5) is 30.4. The van der Waals surface area contributed by atoms with Crippen LogP contribution < -0.4 is 5.32 Å². The number of likely N-dealkylation sites (N-methyl/N-ethyl adjacent to an activating group) is 1. The van der Waals surface area contributed by atoms with Gasteiger partial charge in [-0.25, -0.2) is 0 Å². The number of fused-ring (bicyclic) bond motifs is 1. The molecule has 1 heterocycles. The largest absolute Gasteiger partial charge is 0.361 e. The molecule has 2 N–H and O–H groups in total. The van der Waals surface area contributed by atoms with E-state index in [4.69, 9.17) is 0 Å². The van der Waals surface area contributed by atoms with Crippen LogP contribution in [0.3, 0.4) is 0 Å². The summed E-state index contributed by atoms with van der Waals surface area (Å²) in [6, 6.07) is 24.6. The van der Waals surface area contributed by atoms with Crippen molar-refractivity contribution in [1.82, 2.24) is 9.88 Å². The standard InChI is InChI=1S/C26H25N3O2/c1-18(29(2)25(30)16-21-17-27-24-14-7-6-13-23(21)24)20-11-8-12-22(15-20)28-26(31)19-9-4-3-5-10-19/h3-15,17-18,27H,16H2,1-2H3,(H,28,31)/t18-/m0/s1. The fourth-order valence-corrected chi connectivity index (χ4v) is 3.67. The molecular weight excluding hydrogens is 386 g/mol. The number of aromatic nitrogens is 1. The monoisotopic (exact) mass is 411 g/mol. The molecule has 0 aliphatic rings. The summed E-state index contributed by atoms with van der Waals surface area (Å²) < 4.78 is 0. The number of carbonyl (C=O) groups excluding carboxylic acids is 2. The van der Waals surface area contributed by atoms with Crippen molar-refractivity contribution in [2.45, 2.75) is 19.4 Å². The first kappa shape index (κ1) is 20.4. The lowest BCUT2D eigenvalue weighted by atomic mass is 10.0. The zero-order valence-electron chi connectivity index (χ0n) is 17.6. The third-order valence-electron chi connectivity index (χ3n) is 5.65. The van der Waals surface area contributed by atoms with Crippen molar-refractivity contribution >= 4 is 28.4 Å². The molecular formula is C26H25N3O2. The molecule has 0 spiro atoms. The second-order valence-electron chi connectivity index (χ2n) is 7.66. The Morgan fingerprint density at radius 3 is 2.52 bits per heavy atom. The highest BCUT2D eigenvalue weighted by molar-refractivity contribution is 6.04. The molecule has 1 atom stereocenters. The summed E-state index contributed by atoms with van der Waals surface area (Å²) in [5.41, 5.74) is 4.29. The van der Waals surface area contributed by atoms with Gasteiger partial charge in [0.25, 0.3) is 5.91 Å². The van der Waals surface area contributed by atoms with Crippen LogP contribution in [-0.4, -0.2) is 28.7 Å². The molecule has 0 radical (unpaired) electrons. The third-order valence-corrected chi connectivity index (χ3v) is 5.65. The second-order valence-corrected chi connectivity index (χ2v) is 7.66. The molecule has 0 saturated heterocycles. The first-order valence-electron chi connectivity index (χ1n) is 10.3. The molecule has 5 heteroatoms. The first-order valence-corrected chi connectivity index (χ1v) is 10.3. The lowest BCUT2D eigenvalue weighted by molar-refractivity contribution is -0.131. The number of carbonyl (C=O) groups is 2. The van der Waals surface area contributed by atoms with Gasteiger partial charge in [0.2, 0.25) is 5.91 Å². The van der Waals surface area contributed by atoms with Crippen molar-refractivity contribution in [2.24, 2.45) is 0 Å². The van der Waals surface area contributed by atoms with Crippen molar-refractivity contribution in [3.8, 4) is 0 Å². The summed E-state index contributed by atoms with van der Waals surface area (Å²) in [5.74, 6) is -0.120. The maximum absolute atomic E-state index is 13.0. The molecule has 1 aromatic heterocycles. The van der Waals surface area contributed by atoms with Crippen LogP contribution in [0.5, 0.6) is 0 Å². The van der Waals surface area contributed by atoms with Crippen molar-refractivity contribution in [2.75, 3.05) is 12.4 Å². The van der Waals surface area contributed by atoms with E-state index in [1.54, 1.807) is 17.0 Å². The lowest BCUT2D eigenvalue weighted by Gasteiger charge is -2.26. The van der Waals surface area contributed by atoms with E-state index in [0.29, 0.717) is 17.7 Å². The highest BCUT2D eigenvalue weighted by Crippen LogP contribution is 2.24. The SMILES string of the molecule is C[C@@H](c1cccc(NC(=O)c2ccccc2)c1)N(C)C(=O)Cc1c[nH]c2ccccc12. The predicted molar refractivity (Wildman–Crippen MR) is 124 cm³/mol. The third kappa shape index (κ3) is 4.51. The topological polar surface area (TPSA) is 65.2 Å². The smallest absolute Gasteiger partial charge is 0.255 e. The van der Waals surface area contributed by atoms with E-state index in [2.05, 4.69) is 10.3 Å². The van der Waals surface area contributed by atoms with Gasteiger partial charge in [-0.3, -0.25) is 9.59 Å². The molecule has 3 aromatic carbocycles. The number of benzene rings is 3. The number of nitrogens with zero attached hydrogens (tertiary/aromatic N) is 1. The molecule has 31 heavy (non-hydrogen) atoms. The van der Waals surface area contributed by atoms with Gasteiger partial charge in [-0.05, 0) is 48.4 Å². The van der Waals surface area contributed by atoms with Crippen LogP contribution in [0, 0.1) is 0 Å². The van der Waals surface area contributed by atoms with Crippen molar-refractivity contribution in [3.63, 3.8) is 0 Å². The highest BCUT2D eigenvalue weighted by atomic mass is 16.2. The number of para-hydroxylation sites is 1. The summed E-state index contributed by atoms with van der Waals surface area (Å²) in [6.45, 7) is 1.99. The molecule has 0 unspecified atom stereocenters. The number of H-pyrrole nitrogens is 1. The summed E-state index contributed by atoms with van der Waals surface area (Å²) in [6.07, 6.45) is 2.23. The van der Waals surface area contributed by atoms with E-state index < -0.39 is 0 Å². The molecule has 0 saturated carbocycles. The Labute approximate surface area is 181 Å². The van der Waals surface area contributed by atoms with Gasteiger partial charge in [-0.1, -0.05) is 48.5 Å². The minimum Gasteiger partial charge on any atom is -0.361 e. The second kappa shape index (κ2) is 8.88. The van der Waals surface area contributed by atoms with E-state index in [1.165, 1.54) is 0 Å². The molecule has 5 nitrogen and oxygen atoms in total. The van der Waals surface area contributed by atoms with Gasteiger partial charge in [-0.2, -0.15) is 0 Å². The van der Waals surface area contributed by atoms with Gasteiger partial charge in [-0.15, -0.1) is 0 Å². The normalized spacial score (nSPS) is 11.8. The molecule has 156 valence electrons. The zero-order chi connectivity index (χ0) is 21.8. The maximum atomic E-state index is 13.0. The number of amides is 2. The lowest BCUT2D eigenvalue weighted by Crippen LogP contribution is -2.31. The zero-order valence-corrected chi connectivity index (χ0v) is 17.6. The average Bonchev–Trinajstić information content (AvgIpc) is 3.21. The van der Waals surface area contributed by atoms with E-state index in [9.17, 15) is 9.59 Å². The Balaban J connectivity index is 1.45. The molecule has 0 bridgehead atoms. The predicted octanol–water partition coefficient (Wildman–Crippen LogP) is 5.18. The van der Waals surface area contributed by atoms with E-state index in [1.807, 2.05) is 86.9 Å². The minimum absolute atomic E-state index is 0.0379. The fraction of sp³-hybridized carbons (Fsp3) is 0.154. The number of anilines is 1. The van der Waals surface area contributed by atoms with Crippen LogP contribution >= 0.6 is 0 Å². The van der Waals surface area contributed by atoms with Gasteiger partial charge in [0.15, 0.2) is 0 Å². The maximum Gasteiger partial charge on any atom is 0.255 e. The van der Waals surface area contributed by atoms with Crippen molar-refractivity contribution in [1.29, 1.82) is 0 Å². The van der Waals surface area contributed by atoms with Crippen molar-refractivity contribution < 1.29 is 9.59 Å². The van der Waals surface area contributed by atoms with E-state index in [-0.39, 0.29) is 17.9 Å². The van der Waals surface area contributed by atoms with Crippen LogP contribution in [0.4, 0.5) is 5.69 Å². The Morgan fingerprint density at radius 1 is 0.968 bits per heavy atom. The number of aromatic amines is 1. The molecule has 4 rings (SSSR count). The molecule has 0 aliphatic heterocycles. The summed E-state index contributed by atoms with van der Waals surface area (Å²) >= 11 is 0. The van der Waals surface area contributed by atoms with Crippen LogP contribution in [0.15, 0.2) is 85.1 Å². The fourth-order valence-electron chi connectivity index (χ4n) is 3.67. The van der Waals surface area contributed by atoms with Gasteiger partial charge < -0.3 is 15.2 Å². The Hall–Kier alpha value is -3.86. The van der Waals surface area contributed by atoms with Crippen LogP contribution in [0.25, 0.3) is 10.9 Å². The Bertz CT molecular complexity index is 1210. The number of hydrogen-bond acceptors (Lipinski definition) is 2. The van der Waals surface area contributed by atoms with Crippen LogP contribution in [0.2, 0.25) is 0 Å². The summed E-state index contributed by atoms with van der Waals surface area (Å²) in [7, 11) is 1.82. The molecule has 2 amide bonds. The number of nitrogens with one attached hydrogen (secondary N) is 2. The summed E-state index contributed by atoms with van der Waals surface area (Å²) in [5, 5.41) is 4.00. The average molecular weight is 412 g/mol. The Kier molecular flexibility index (Phi) is 5.85. The quantitative estimate of drug-likeness (QED) is 0.459. The molecule has 0 fully saturated rings. The van der Waals surface area contributed by atoms with Gasteiger partial charge in [0, 0.05) is 35.4 Å².